The first kappa shape index (κ1) is 12.3. The smallest absolute Gasteiger partial charge is 0.0914 e. The maximum atomic E-state index is 9.78. The van der Waals surface area contributed by atoms with Crippen LogP contribution >= 0.6 is 12.4 Å². The Balaban J connectivity index is 0.00000112. The zero-order valence-electron chi connectivity index (χ0n) is 8.52. The van der Waals surface area contributed by atoms with Gasteiger partial charge >= 0.3 is 0 Å². The Morgan fingerprint density at radius 2 is 1.93 bits per heavy atom. The highest BCUT2D eigenvalue weighted by atomic mass is 35.5. The number of aliphatic hydroxyl groups excluding tert-OH is 1. The van der Waals surface area contributed by atoms with E-state index in [9.17, 15) is 5.11 Å². The van der Waals surface area contributed by atoms with Gasteiger partial charge in [-0.25, -0.2) is 0 Å². The van der Waals surface area contributed by atoms with Crippen LogP contribution in [-0.4, -0.2) is 17.7 Å². The van der Waals surface area contributed by atoms with Crippen LogP contribution in [0.1, 0.15) is 24.5 Å². The second-order valence-electron chi connectivity index (χ2n) is 3.86. The van der Waals surface area contributed by atoms with Crippen LogP contribution in [0, 0.1) is 0 Å². The van der Waals surface area contributed by atoms with Crippen LogP contribution in [0.25, 0.3) is 0 Å². The van der Waals surface area contributed by atoms with Crippen LogP contribution in [-0.2, 0) is 0 Å². The fourth-order valence-corrected chi connectivity index (χ4v) is 1.40. The quantitative estimate of drug-likeness (QED) is 0.685. The van der Waals surface area contributed by atoms with Gasteiger partial charge in [-0.1, -0.05) is 12.1 Å². The molecular formula is C11H17ClN2O. The van der Waals surface area contributed by atoms with Gasteiger partial charge in [0.25, 0.3) is 0 Å². The van der Waals surface area contributed by atoms with E-state index in [0.29, 0.717) is 12.6 Å². The molecule has 1 aliphatic rings. The molecule has 0 radical (unpaired) electrons. The molecule has 1 saturated carbocycles. The summed E-state index contributed by atoms with van der Waals surface area (Å²) in [7, 11) is 0. The molecule has 15 heavy (non-hydrogen) atoms. The normalized spacial score (nSPS) is 16.9. The Hall–Kier alpha value is -0.770. The van der Waals surface area contributed by atoms with Gasteiger partial charge in [-0.15, -0.1) is 12.4 Å². The molecule has 1 aromatic rings. The van der Waals surface area contributed by atoms with Crippen LogP contribution in [0.5, 0.6) is 0 Å². The number of nitrogen functional groups attached to an aromatic ring is 1. The maximum absolute atomic E-state index is 9.78. The van der Waals surface area contributed by atoms with E-state index in [-0.39, 0.29) is 12.4 Å². The lowest BCUT2D eigenvalue weighted by atomic mass is 10.1. The predicted molar refractivity (Wildman–Crippen MR) is 64.1 cm³/mol. The lowest BCUT2D eigenvalue weighted by molar-refractivity contribution is 0.174. The lowest BCUT2D eigenvalue weighted by Crippen LogP contribution is -2.23. The topological polar surface area (TPSA) is 58.3 Å². The summed E-state index contributed by atoms with van der Waals surface area (Å²) in [6, 6.07) is 8.01. The predicted octanol–water partition coefficient (Wildman–Crippen LogP) is 1.48. The van der Waals surface area contributed by atoms with Gasteiger partial charge in [-0.3, -0.25) is 0 Å². The monoisotopic (exact) mass is 228 g/mol. The Morgan fingerprint density at radius 1 is 1.33 bits per heavy atom. The zero-order valence-corrected chi connectivity index (χ0v) is 9.33. The fourth-order valence-electron chi connectivity index (χ4n) is 1.40. The summed E-state index contributed by atoms with van der Waals surface area (Å²) < 4.78 is 0. The Labute approximate surface area is 96.1 Å². The third-order valence-corrected chi connectivity index (χ3v) is 2.50. The van der Waals surface area contributed by atoms with Crippen molar-refractivity contribution in [3.8, 4) is 0 Å². The van der Waals surface area contributed by atoms with Crippen LogP contribution in [0.3, 0.4) is 0 Å². The number of hydrogen-bond donors (Lipinski definition) is 3. The van der Waals surface area contributed by atoms with Crippen LogP contribution in [0.15, 0.2) is 24.3 Å². The number of aliphatic hydroxyl groups is 1. The van der Waals surface area contributed by atoms with Crippen molar-refractivity contribution in [2.45, 2.75) is 25.0 Å². The first-order valence-electron chi connectivity index (χ1n) is 5.02. The van der Waals surface area contributed by atoms with Crippen molar-refractivity contribution in [2.75, 3.05) is 12.3 Å². The standard InChI is InChI=1S/C11H16N2O.ClH/c12-9-3-1-8(2-4-9)11(14)7-13-10-5-6-10;/h1-4,10-11,13-14H,5-7,12H2;1H. The molecule has 3 nitrogen and oxygen atoms in total. The van der Waals surface area contributed by atoms with Gasteiger partial charge in [0, 0.05) is 18.3 Å². The van der Waals surface area contributed by atoms with E-state index in [1.807, 2.05) is 24.3 Å². The minimum absolute atomic E-state index is 0. The van der Waals surface area contributed by atoms with Crippen molar-refractivity contribution in [2.24, 2.45) is 0 Å². The lowest BCUT2D eigenvalue weighted by Gasteiger charge is -2.11. The molecule has 1 aliphatic carbocycles. The highest BCUT2D eigenvalue weighted by molar-refractivity contribution is 5.85. The number of nitrogens with two attached hydrogens (primary N) is 1. The first-order chi connectivity index (χ1) is 6.75. The zero-order chi connectivity index (χ0) is 9.97. The molecular weight excluding hydrogens is 212 g/mol. The summed E-state index contributed by atoms with van der Waals surface area (Å²) in [5.74, 6) is 0. The molecule has 0 amide bonds. The Bertz CT molecular complexity index is 298. The largest absolute Gasteiger partial charge is 0.399 e. The van der Waals surface area contributed by atoms with Crippen molar-refractivity contribution >= 4 is 18.1 Å². The van der Waals surface area contributed by atoms with Gasteiger partial charge < -0.3 is 16.2 Å². The van der Waals surface area contributed by atoms with Crippen molar-refractivity contribution in [3.05, 3.63) is 29.8 Å². The minimum Gasteiger partial charge on any atom is -0.399 e. The maximum Gasteiger partial charge on any atom is 0.0914 e. The number of hydrogen-bond acceptors (Lipinski definition) is 3. The average Bonchev–Trinajstić information content (AvgIpc) is 2.99. The summed E-state index contributed by atoms with van der Waals surface area (Å²) in [4.78, 5) is 0. The van der Waals surface area contributed by atoms with E-state index in [0.717, 1.165) is 11.3 Å². The molecule has 2 rings (SSSR count). The van der Waals surface area contributed by atoms with Gasteiger partial charge in [0.15, 0.2) is 0 Å². The van der Waals surface area contributed by atoms with E-state index in [2.05, 4.69) is 5.32 Å². The van der Waals surface area contributed by atoms with Crippen molar-refractivity contribution in [1.82, 2.24) is 5.32 Å². The molecule has 0 bridgehead atoms. The summed E-state index contributed by atoms with van der Waals surface area (Å²) in [5.41, 5.74) is 7.22. The molecule has 0 aliphatic heterocycles. The second kappa shape index (κ2) is 5.35. The summed E-state index contributed by atoms with van der Waals surface area (Å²) >= 11 is 0. The Kier molecular flexibility index (Phi) is 4.39. The highest BCUT2D eigenvalue weighted by Gasteiger charge is 2.21. The van der Waals surface area contributed by atoms with Crippen molar-refractivity contribution in [1.29, 1.82) is 0 Å². The summed E-state index contributed by atoms with van der Waals surface area (Å²) in [6.07, 6.45) is 2.07. The van der Waals surface area contributed by atoms with Crippen LogP contribution < -0.4 is 11.1 Å². The molecule has 1 unspecified atom stereocenters. The molecule has 1 aromatic carbocycles. The minimum atomic E-state index is -0.420. The molecule has 84 valence electrons. The number of rotatable bonds is 4. The van der Waals surface area contributed by atoms with E-state index >= 15 is 0 Å². The highest BCUT2D eigenvalue weighted by Crippen LogP contribution is 2.20. The van der Waals surface area contributed by atoms with Gasteiger partial charge in [0.05, 0.1) is 6.10 Å². The van der Waals surface area contributed by atoms with Gasteiger partial charge in [-0.05, 0) is 30.5 Å². The SMILES string of the molecule is Cl.Nc1ccc(C(O)CNC2CC2)cc1. The second-order valence-corrected chi connectivity index (χ2v) is 3.86. The molecule has 1 fully saturated rings. The van der Waals surface area contributed by atoms with Gasteiger partial charge in [-0.2, -0.15) is 0 Å². The van der Waals surface area contributed by atoms with Gasteiger partial charge in [0.2, 0.25) is 0 Å². The third-order valence-electron chi connectivity index (χ3n) is 2.50. The molecule has 0 saturated heterocycles. The number of halogens is 1. The number of nitrogens with one attached hydrogen (secondary N) is 1. The van der Waals surface area contributed by atoms with Crippen molar-refractivity contribution in [3.63, 3.8) is 0 Å². The molecule has 0 aromatic heterocycles. The summed E-state index contributed by atoms with van der Waals surface area (Å²) in [5, 5.41) is 13.1. The van der Waals surface area contributed by atoms with E-state index in [1.54, 1.807) is 0 Å². The third kappa shape index (κ3) is 3.70. The number of anilines is 1. The molecule has 4 heteroatoms. The first-order valence-corrected chi connectivity index (χ1v) is 5.02. The molecule has 0 spiro atoms. The van der Waals surface area contributed by atoms with E-state index < -0.39 is 6.10 Å². The van der Waals surface area contributed by atoms with E-state index in [1.165, 1.54) is 12.8 Å². The van der Waals surface area contributed by atoms with Crippen LogP contribution in [0.4, 0.5) is 5.69 Å². The fraction of sp³-hybridized carbons (Fsp3) is 0.455. The number of benzene rings is 1. The summed E-state index contributed by atoms with van der Waals surface area (Å²) in [6.45, 7) is 0.634. The average molecular weight is 229 g/mol. The molecule has 0 heterocycles. The molecule has 1 atom stereocenters. The van der Waals surface area contributed by atoms with E-state index in [4.69, 9.17) is 5.73 Å². The Morgan fingerprint density at radius 3 is 2.47 bits per heavy atom. The van der Waals surface area contributed by atoms with Crippen molar-refractivity contribution < 1.29 is 5.11 Å². The van der Waals surface area contributed by atoms with Gasteiger partial charge in [0.1, 0.15) is 0 Å². The van der Waals surface area contributed by atoms with Crippen LogP contribution in [0.2, 0.25) is 0 Å². The molecule has 4 N–H and O–H groups in total.